The van der Waals surface area contributed by atoms with E-state index in [1.54, 1.807) is 20.8 Å². The highest BCUT2D eigenvalue weighted by molar-refractivity contribution is 5.82. The van der Waals surface area contributed by atoms with E-state index < -0.39 is 17.8 Å². The molecule has 0 unspecified atom stereocenters. The van der Waals surface area contributed by atoms with Crippen molar-refractivity contribution in [3.8, 4) is 5.95 Å². The van der Waals surface area contributed by atoms with Crippen molar-refractivity contribution < 1.29 is 28.6 Å². The number of hydrogen-bond donors (Lipinski definition) is 2. The molecule has 1 aromatic rings. The molecule has 8 nitrogen and oxygen atoms in total. The van der Waals surface area contributed by atoms with Gasteiger partial charge in [0.1, 0.15) is 11.8 Å². The van der Waals surface area contributed by atoms with Gasteiger partial charge in [-0.1, -0.05) is 0 Å². The van der Waals surface area contributed by atoms with Gasteiger partial charge in [-0.2, -0.15) is 4.98 Å². The number of nitrogens with zero attached hydrogens (tertiary/aromatic N) is 1. The summed E-state index contributed by atoms with van der Waals surface area (Å²) in [6.45, 7) is 5.09. The molecule has 1 amide bonds. The van der Waals surface area contributed by atoms with Crippen molar-refractivity contribution in [2.24, 2.45) is 0 Å². The predicted molar refractivity (Wildman–Crippen MR) is 55.0 cm³/mol. The number of oxazole rings is 1. The number of hydrogen-bond acceptors (Lipinski definition) is 6. The Kier molecular flexibility index (Phi) is 3.56. The molecule has 17 heavy (non-hydrogen) atoms. The lowest BCUT2D eigenvalue weighted by molar-refractivity contribution is 0.0631. The molecular formula is C9H12N2O6. The number of nitrogens with one attached hydrogen (secondary N) is 1. The van der Waals surface area contributed by atoms with Crippen molar-refractivity contribution in [1.29, 1.82) is 0 Å². The van der Waals surface area contributed by atoms with Gasteiger partial charge < -0.3 is 19.0 Å². The summed E-state index contributed by atoms with van der Waals surface area (Å²) in [5.41, 5.74) is -0.656. The second-order valence-electron chi connectivity index (χ2n) is 3.98. The van der Waals surface area contributed by atoms with Crippen molar-refractivity contribution in [3.05, 3.63) is 6.20 Å². The van der Waals surface area contributed by atoms with Gasteiger partial charge in [-0.25, -0.2) is 14.9 Å². The first-order valence-electron chi connectivity index (χ1n) is 4.63. The highest BCUT2D eigenvalue weighted by Crippen LogP contribution is 2.17. The van der Waals surface area contributed by atoms with Gasteiger partial charge in [0.2, 0.25) is 0 Å². The highest BCUT2D eigenvalue weighted by atomic mass is 16.7. The summed E-state index contributed by atoms with van der Waals surface area (Å²) in [5, 5.41) is 10.5. The Morgan fingerprint density at radius 1 is 1.47 bits per heavy atom. The standard InChI is InChI=1S/C9H12N2O6/c1-9(2,3)17-7(12)11-6-10-4-5(15-6)16-8(13)14/h4H,1-3H3,(H,13,14)(H,10,11,12). The molecule has 0 saturated heterocycles. The normalized spacial score (nSPS) is 10.8. The van der Waals surface area contributed by atoms with Gasteiger partial charge in [0.05, 0.1) is 0 Å². The summed E-state index contributed by atoms with van der Waals surface area (Å²) in [4.78, 5) is 25.0. The van der Waals surface area contributed by atoms with Crippen LogP contribution in [-0.2, 0) is 4.74 Å². The molecule has 0 aliphatic heterocycles. The molecule has 0 radical (unpaired) electrons. The molecule has 0 spiro atoms. The number of carboxylic acid groups (broad SMARTS) is 1. The van der Waals surface area contributed by atoms with Crippen LogP contribution in [0.5, 0.6) is 5.95 Å². The van der Waals surface area contributed by atoms with Crippen LogP contribution in [0.25, 0.3) is 0 Å². The van der Waals surface area contributed by atoms with Crippen LogP contribution in [0.1, 0.15) is 20.8 Å². The average Bonchev–Trinajstić information content (AvgIpc) is 2.46. The topological polar surface area (TPSA) is 111 Å². The molecule has 8 heteroatoms. The Labute approximate surface area is 96.5 Å². The van der Waals surface area contributed by atoms with Crippen LogP contribution in [0.4, 0.5) is 15.6 Å². The molecule has 0 atom stereocenters. The minimum Gasteiger partial charge on any atom is -0.449 e. The third-order valence-electron chi connectivity index (χ3n) is 1.28. The van der Waals surface area contributed by atoms with E-state index in [1.165, 1.54) is 0 Å². The summed E-state index contributed by atoms with van der Waals surface area (Å²) in [6, 6.07) is -0.212. The van der Waals surface area contributed by atoms with E-state index in [0.717, 1.165) is 6.20 Å². The molecule has 0 saturated carbocycles. The van der Waals surface area contributed by atoms with Gasteiger partial charge in [0.15, 0.2) is 0 Å². The van der Waals surface area contributed by atoms with E-state index >= 15 is 0 Å². The number of ether oxygens (including phenoxy) is 2. The molecule has 0 fully saturated rings. The molecule has 0 aliphatic rings. The smallest absolute Gasteiger partial charge is 0.449 e. The highest BCUT2D eigenvalue weighted by Gasteiger charge is 2.18. The van der Waals surface area contributed by atoms with Crippen LogP contribution >= 0.6 is 0 Å². The van der Waals surface area contributed by atoms with Gasteiger partial charge in [-0.05, 0) is 20.8 Å². The maximum Gasteiger partial charge on any atom is 0.513 e. The fourth-order valence-electron chi connectivity index (χ4n) is 0.841. The van der Waals surface area contributed by atoms with Crippen LogP contribution in [0.15, 0.2) is 10.6 Å². The van der Waals surface area contributed by atoms with E-state index in [2.05, 4.69) is 15.0 Å². The number of aromatic nitrogens is 1. The van der Waals surface area contributed by atoms with Crippen LogP contribution < -0.4 is 10.1 Å². The SMILES string of the molecule is CC(C)(C)OC(=O)Nc1ncc(OC(=O)O)o1. The molecule has 0 aromatic carbocycles. The van der Waals surface area contributed by atoms with E-state index in [-0.39, 0.29) is 12.0 Å². The molecule has 1 aromatic heterocycles. The number of carbonyl (C=O) groups is 2. The van der Waals surface area contributed by atoms with Crippen molar-refractivity contribution in [2.75, 3.05) is 5.32 Å². The third-order valence-corrected chi connectivity index (χ3v) is 1.28. The molecule has 2 N–H and O–H groups in total. The molecule has 0 bridgehead atoms. The van der Waals surface area contributed by atoms with Crippen LogP contribution in [0, 0.1) is 0 Å². The number of rotatable bonds is 2. The lowest BCUT2D eigenvalue weighted by atomic mass is 10.2. The molecule has 94 valence electrons. The lowest BCUT2D eigenvalue weighted by Crippen LogP contribution is -2.27. The van der Waals surface area contributed by atoms with Crippen LogP contribution in [-0.4, -0.2) is 27.9 Å². The van der Waals surface area contributed by atoms with Crippen molar-refractivity contribution in [3.63, 3.8) is 0 Å². The van der Waals surface area contributed by atoms with Crippen LogP contribution in [0.3, 0.4) is 0 Å². The van der Waals surface area contributed by atoms with Gasteiger partial charge in [0, 0.05) is 0 Å². The van der Waals surface area contributed by atoms with Gasteiger partial charge >= 0.3 is 24.2 Å². The quantitative estimate of drug-likeness (QED) is 0.766. The Morgan fingerprint density at radius 3 is 2.65 bits per heavy atom. The summed E-state index contributed by atoms with van der Waals surface area (Å²) in [5.74, 6) is -0.344. The summed E-state index contributed by atoms with van der Waals surface area (Å²) >= 11 is 0. The van der Waals surface area contributed by atoms with Crippen molar-refractivity contribution in [2.45, 2.75) is 26.4 Å². The zero-order valence-corrected chi connectivity index (χ0v) is 9.51. The minimum absolute atomic E-state index is 0.212. The Bertz CT molecular complexity index is 419. The first-order valence-corrected chi connectivity index (χ1v) is 4.63. The zero-order valence-electron chi connectivity index (χ0n) is 9.51. The van der Waals surface area contributed by atoms with Gasteiger partial charge in [-0.3, -0.25) is 0 Å². The van der Waals surface area contributed by atoms with Crippen molar-refractivity contribution >= 4 is 18.3 Å². The Morgan fingerprint density at radius 2 is 2.12 bits per heavy atom. The molecule has 1 heterocycles. The van der Waals surface area contributed by atoms with Crippen molar-refractivity contribution in [1.82, 2.24) is 4.98 Å². The van der Waals surface area contributed by atoms with E-state index in [1.807, 2.05) is 0 Å². The predicted octanol–water partition coefficient (Wildman–Crippen LogP) is 2.08. The van der Waals surface area contributed by atoms with Gasteiger partial charge in [0.25, 0.3) is 0 Å². The second-order valence-corrected chi connectivity index (χ2v) is 3.98. The maximum atomic E-state index is 11.3. The molecule has 1 rings (SSSR count). The Hall–Kier alpha value is -2.25. The maximum absolute atomic E-state index is 11.3. The largest absolute Gasteiger partial charge is 0.513 e. The third kappa shape index (κ3) is 4.87. The summed E-state index contributed by atoms with van der Waals surface area (Å²) in [7, 11) is 0. The first kappa shape index (κ1) is 12.8. The second kappa shape index (κ2) is 4.73. The fraction of sp³-hybridized carbons (Fsp3) is 0.444. The Balaban J connectivity index is 2.55. The lowest BCUT2D eigenvalue weighted by Gasteiger charge is -2.18. The minimum atomic E-state index is -1.54. The average molecular weight is 244 g/mol. The molecular weight excluding hydrogens is 232 g/mol. The zero-order chi connectivity index (χ0) is 13.1. The van der Waals surface area contributed by atoms with E-state index in [9.17, 15) is 9.59 Å². The summed E-state index contributed by atoms with van der Waals surface area (Å²) in [6.07, 6.45) is -1.29. The van der Waals surface area contributed by atoms with Crippen LogP contribution in [0.2, 0.25) is 0 Å². The van der Waals surface area contributed by atoms with E-state index in [0.29, 0.717) is 0 Å². The van der Waals surface area contributed by atoms with E-state index in [4.69, 9.17) is 14.3 Å². The monoisotopic (exact) mass is 244 g/mol. The number of amides is 1. The first-order chi connectivity index (χ1) is 7.76. The number of anilines is 1. The molecule has 0 aliphatic carbocycles. The summed E-state index contributed by atoms with van der Waals surface area (Å²) < 4.78 is 13.9. The van der Waals surface area contributed by atoms with Gasteiger partial charge in [-0.15, -0.1) is 0 Å². The fourth-order valence-corrected chi connectivity index (χ4v) is 0.841. The number of carbonyl (C=O) groups excluding carboxylic acids is 1.